The molecule has 0 aliphatic heterocycles. The van der Waals surface area contributed by atoms with E-state index >= 15 is 0 Å². The third kappa shape index (κ3) is 8.96. The van der Waals surface area contributed by atoms with Gasteiger partial charge in [-0.3, -0.25) is 14.8 Å². The molecule has 31 heavy (non-hydrogen) atoms. The fourth-order valence-electron chi connectivity index (χ4n) is 3.85. The number of carbonyl (C=O) groups excluding carboxylic acids is 3. The maximum atomic E-state index is 12.9. The van der Waals surface area contributed by atoms with Crippen molar-refractivity contribution >= 4 is 23.5 Å². The Balaban J connectivity index is 1.85. The monoisotopic (exact) mass is 432 g/mol. The molecule has 0 heterocycles. The van der Waals surface area contributed by atoms with Gasteiger partial charge in [0.25, 0.3) is 5.91 Å². The summed E-state index contributed by atoms with van der Waals surface area (Å²) in [6.07, 6.45) is 5.82. The molecular formula is C23H36N4O4. The molecule has 1 aromatic rings. The Hall–Kier alpha value is -2.61. The highest BCUT2D eigenvalue weighted by atomic mass is 16.5. The van der Waals surface area contributed by atoms with Crippen molar-refractivity contribution in [2.24, 2.45) is 11.3 Å². The van der Waals surface area contributed by atoms with Crippen molar-refractivity contribution in [3.05, 3.63) is 29.8 Å². The molecule has 0 spiro atoms. The number of amides is 4. The molecule has 0 bridgehead atoms. The van der Waals surface area contributed by atoms with E-state index in [0.29, 0.717) is 24.7 Å². The van der Waals surface area contributed by atoms with Crippen molar-refractivity contribution in [3.63, 3.8) is 0 Å². The van der Waals surface area contributed by atoms with Crippen LogP contribution in [0.5, 0.6) is 0 Å². The molecule has 2 rings (SSSR count). The minimum absolute atomic E-state index is 0.160. The number of rotatable bonds is 10. The average molecular weight is 433 g/mol. The Morgan fingerprint density at radius 3 is 2.39 bits per heavy atom. The van der Waals surface area contributed by atoms with Gasteiger partial charge < -0.3 is 15.5 Å². The molecule has 1 aromatic carbocycles. The van der Waals surface area contributed by atoms with Gasteiger partial charge in [0.15, 0.2) is 0 Å². The van der Waals surface area contributed by atoms with Gasteiger partial charge in [0.05, 0.1) is 0 Å². The second kappa shape index (κ2) is 11.7. The number of anilines is 1. The van der Waals surface area contributed by atoms with E-state index in [-0.39, 0.29) is 24.9 Å². The van der Waals surface area contributed by atoms with Crippen molar-refractivity contribution in [3.8, 4) is 0 Å². The molecule has 4 N–H and O–H groups in total. The van der Waals surface area contributed by atoms with Crippen LogP contribution >= 0.6 is 0 Å². The van der Waals surface area contributed by atoms with Crippen LogP contribution in [0.2, 0.25) is 0 Å². The van der Waals surface area contributed by atoms with Gasteiger partial charge in [0.1, 0.15) is 6.54 Å². The lowest BCUT2D eigenvalue weighted by Gasteiger charge is -2.29. The minimum atomic E-state index is -0.604. The first-order valence-corrected chi connectivity index (χ1v) is 11.0. The van der Waals surface area contributed by atoms with Crippen LogP contribution in [0.4, 0.5) is 10.5 Å². The summed E-state index contributed by atoms with van der Waals surface area (Å²) in [5, 5.41) is 14.5. The molecule has 0 radical (unpaired) electrons. The molecule has 172 valence electrons. The number of benzene rings is 1. The lowest BCUT2D eigenvalue weighted by atomic mass is 9.88. The van der Waals surface area contributed by atoms with Crippen LogP contribution in [0, 0.1) is 18.3 Å². The van der Waals surface area contributed by atoms with E-state index in [1.54, 1.807) is 5.48 Å². The zero-order chi connectivity index (χ0) is 22.9. The molecule has 1 fully saturated rings. The average Bonchev–Trinajstić information content (AvgIpc) is 3.24. The van der Waals surface area contributed by atoms with E-state index in [4.69, 9.17) is 5.21 Å². The highest BCUT2D eigenvalue weighted by molar-refractivity contribution is 5.89. The third-order valence-electron chi connectivity index (χ3n) is 5.76. The molecule has 1 aliphatic carbocycles. The van der Waals surface area contributed by atoms with E-state index in [0.717, 1.165) is 12.0 Å². The number of aryl methyl sites for hydroxylation is 1. The number of nitrogens with one attached hydrogen (secondary N) is 3. The second-order valence-electron chi connectivity index (χ2n) is 9.30. The zero-order valence-corrected chi connectivity index (χ0v) is 18.9. The van der Waals surface area contributed by atoms with Crippen LogP contribution in [0.15, 0.2) is 24.3 Å². The normalized spacial score (nSPS) is 14.2. The largest absolute Gasteiger partial charge is 0.337 e. The van der Waals surface area contributed by atoms with Gasteiger partial charge in [-0.05, 0) is 36.8 Å². The van der Waals surface area contributed by atoms with E-state index in [1.807, 2.05) is 45.0 Å². The predicted molar refractivity (Wildman–Crippen MR) is 120 cm³/mol. The first-order chi connectivity index (χ1) is 14.7. The fraction of sp³-hybridized carbons (Fsp3) is 0.609. The Kier molecular flexibility index (Phi) is 9.30. The van der Waals surface area contributed by atoms with Crippen molar-refractivity contribution in [1.29, 1.82) is 0 Å². The topological polar surface area (TPSA) is 111 Å². The molecule has 0 aromatic heterocycles. The van der Waals surface area contributed by atoms with Crippen LogP contribution in [0.3, 0.4) is 0 Å². The Labute approximate surface area is 184 Å². The fourth-order valence-corrected chi connectivity index (χ4v) is 3.85. The number of carbonyl (C=O) groups is 3. The van der Waals surface area contributed by atoms with Crippen LogP contribution in [0.25, 0.3) is 0 Å². The summed E-state index contributed by atoms with van der Waals surface area (Å²) in [4.78, 5) is 38.3. The molecule has 8 heteroatoms. The van der Waals surface area contributed by atoms with E-state index in [2.05, 4.69) is 10.6 Å². The maximum absolute atomic E-state index is 12.9. The summed E-state index contributed by atoms with van der Waals surface area (Å²) in [5.41, 5.74) is 2.92. The second-order valence-corrected chi connectivity index (χ2v) is 9.30. The highest BCUT2D eigenvalue weighted by Gasteiger charge is 2.28. The minimum Gasteiger partial charge on any atom is -0.337 e. The first-order valence-electron chi connectivity index (χ1n) is 11.0. The van der Waals surface area contributed by atoms with Crippen molar-refractivity contribution in [2.45, 2.75) is 59.3 Å². The van der Waals surface area contributed by atoms with Gasteiger partial charge in [0, 0.05) is 25.2 Å². The Morgan fingerprint density at radius 1 is 1.13 bits per heavy atom. The van der Waals surface area contributed by atoms with Crippen LogP contribution < -0.4 is 16.1 Å². The van der Waals surface area contributed by atoms with Gasteiger partial charge in [-0.2, -0.15) is 0 Å². The predicted octanol–water partition coefficient (Wildman–Crippen LogP) is 3.45. The number of hydroxylamine groups is 1. The van der Waals surface area contributed by atoms with E-state index in [1.165, 1.54) is 30.6 Å². The van der Waals surface area contributed by atoms with Crippen molar-refractivity contribution in [2.75, 3.05) is 25.0 Å². The Morgan fingerprint density at radius 2 is 1.77 bits per heavy atom. The number of urea groups is 1. The SMILES string of the molecule is Cc1ccc(NC(=O)NCC(C)(C)CC(=O)N(CCC2CCCC2)CC(=O)NO)cc1. The molecule has 1 aliphatic rings. The van der Waals surface area contributed by atoms with Crippen LogP contribution in [0.1, 0.15) is 57.9 Å². The smallest absolute Gasteiger partial charge is 0.319 e. The summed E-state index contributed by atoms with van der Waals surface area (Å²) in [6, 6.07) is 7.17. The summed E-state index contributed by atoms with van der Waals surface area (Å²) in [7, 11) is 0. The summed E-state index contributed by atoms with van der Waals surface area (Å²) in [6.45, 7) is 6.41. The molecule has 4 amide bonds. The van der Waals surface area contributed by atoms with Gasteiger partial charge in [0.2, 0.25) is 5.91 Å². The van der Waals surface area contributed by atoms with Gasteiger partial charge >= 0.3 is 6.03 Å². The number of nitrogens with zero attached hydrogens (tertiary/aromatic N) is 1. The lowest BCUT2D eigenvalue weighted by molar-refractivity contribution is -0.140. The molecular weight excluding hydrogens is 396 g/mol. The van der Waals surface area contributed by atoms with Gasteiger partial charge in [-0.1, -0.05) is 57.2 Å². The molecule has 0 atom stereocenters. The first kappa shape index (κ1) is 24.7. The quantitative estimate of drug-likeness (QED) is 0.335. The van der Waals surface area contributed by atoms with E-state index < -0.39 is 11.3 Å². The molecule has 8 nitrogen and oxygen atoms in total. The van der Waals surface area contributed by atoms with Gasteiger partial charge in [-0.25, -0.2) is 10.3 Å². The molecule has 1 saturated carbocycles. The van der Waals surface area contributed by atoms with Crippen molar-refractivity contribution < 1.29 is 19.6 Å². The summed E-state index contributed by atoms with van der Waals surface area (Å²) < 4.78 is 0. The third-order valence-corrected chi connectivity index (χ3v) is 5.76. The van der Waals surface area contributed by atoms with E-state index in [9.17, 15) is 14.4 Å². The highest BCUT2D eigenvalue weighted by Crippen LogP contribution is 2.28. The zero-order valence-electron chi connectivity index (χ0n) is 18.9. The standard InChI is InChI=1S/C23H36N4O4/c1-17-8-10-19(11-9-17)25-22(30)24-16-23(2,3)14-21(29)27(15-20(28)26-31)13-12-18-6-4-5-7-18/h8-11,18,31H,4-7,12-16H2,1-3H3,(H,26,28)(H2,24,25,30). The number of hydrogen-bond donors (Lipinski definition) is 4. The van der Waals surface area contributed by atoms with Crippen LogP contribution in [-0.2, 0) is 9.59 Å². The summed E-state index contributed by atoms with van der Waals surface area (Å²) in [5.74, 6) is -0.173. The summed E-state index contributed by atoms with van der Waals surface area (Å²) >= 11 is 0. The Bertz CT molecular complexity index is 742. The lowest BCUT2D eigenvalue weighted by Crippen LogP contribution is -2.44. The van der Waals surface area contributed by atoms with Crippen LogP contribution in [-0.4, -0.2) is 47.6 Å². The maximum Gasteiger partial charge on any atom is 0.319 e. The van der Waals surface area contributed by atoms with Crippen molar-refractivity contribution in [1.82, 2.24) is 15.7 Å². The molecule has 0 unspecified atom stereocenters. The molecule has 0 saturated heterocycles. The van der Waals surface area contributed by atoms with Gasteiger partial charge in [-0.15, -0.1) is 0 Å². The number of hydrogen-bond acceptors (Lipinski definition) is 4.